The molecule has 18 heavy (non-hydrogen) atoms. The van der Waals surface area contributed by atoms with Crippen molar-refractivity contribution in [3.63, 3.8) is 0 Å². The molecular weight excluding hydrogens is 256 g/mol. The summed E-state index contributed by atoms with van der Waals surface area (Å²) >= 11 is 0. The second-order valence-electron chi connectivity index (χ2n) is 3.95. The molecule has 0 aliphatic carbocycles. The molecule has 1 atom stereocenters. The van der Waals surface area contributed by atoms with Crippen LogP contribution in [0.15, 0.2) is 23.1 Å². The van der Waals surface area contributed by atoms with Crippen molar-refractivity contribution >= 4 is 15.5 Å². The van der Waals surface area contributed by atoms with Gasteiger partial charge in [-0.3, -0.25) is 0 Å². The van der Waals surface area contributed by atoms with E-state index in [9.17, 15) is 8.42 Å². The van der Waals surface area contributed by atoms with Crippen molar-refractivity contribution in [3.8, 4) is 5.75 Å². The predicted molar refractivity (Wildman–Crippen MR) is 67.2 cm³/mol. The lowest BCUT2D eigenvalue weighted by atomic mass is 10.3. The summed E-state index contributed by atoms with van der Waals surface area (Å²) in [5, 5.41) is 2.99. The van der Waals surface area contributed by atoms with Crippen molar-refractivity contribution < 1.29 is 17.9 Å². The van der Waals surface area contributed by atoms with Crippen LogP contribution in [0.2, 0.25) is 0 Å². The number of hydrogen-bond donors (Lipinski definition) is 2. The van der Waals surface area contributed by atoms with E-state index in [2.05, 4.69) is 5.32 Å². The molecule has 1 aromatic rings. The number of rotatable bonds is 3. The third-order valence-electron chi connectivity index (χ3n) is 2.77. The van der Waals surface area contributed by atoms with Crippen molar-refractivity contribution in [1.82, 2.24) is 5.32 Å². The lowest BCUT2D eigenvalue weighted by Gasteiger charge is -2.23. The lowest BCUT2D eigenvalue weighted by Crippen LogP contribution is -2.43. The summed E-state index contributed by atoms with van der Waals surface area (Å²) in [7, 11) is -2.05. The van der Waals surface area contributed by atoms with Gasteiger partial charge in [-0.25, -0.2) is 8.42 Å². The standard InChI is InChI=1S/C11H16N2O4S/c1-16-10-3-2-8(6-9(10)12)18(14,15)11-7-13-4-5-17-11/h2-3,6,11,13H,4-5,7,12H2,1H3. The Hall–Kier alpha value is -1.31. The Balaban J connectivity index is 2.32. The van der Waals surface area contributed by atoms with Gasteiger partial charge in [-0.1, -0.05) is 0 Å². The molecule has 0 bridgehead atoms. The zero-order valence-corrected chi connectivity index (χ0v) is 10.9. The summed E-state index contributed by atoms with van der Waals surface area (Å²) in [4.78, 5) is 0.148. The van der Waals surface area contributed by atoms with Gasteiger partial charge in [-0.2, -0.15) is 0 Å². The number of nitrogens with two attached hydrogens (primary N) is 1. The van der Waals surface area contributed by atoms with Gasteiger partial charge in [0.05, 0.1) is 24.3 Å². The summed E-state index contributed by atoms with van der Waals surface area (Å²) in [5.74, 6) is 0.455. The highest BCUT2D eigenvalue weighted by Crippen LogP contribution is 2.26. The molecule has 1 aliphatic rings. The topological polar surface area (TPSA) is 90.7 Å². The normalized spacial score (nSPS) is 20.6. The Bertz CT molecular complexity index is 524. The quantitative estimate of drug-likeness (QED) is 0.753. The minimum atomic E-state index is -3.53. The van der Waals surface area contributed by atoms with Gasteiger partial charge in [0, 0.05) is 13.1 Å². The maximum absolute atomic E-state index is 12.3. The first-order valence-corrected chi connectivity index (χ1v) is 7.10. The molecule has 100 valence electrons. The highest BCUT2D eigenvalue weighted by molar-refractivity contribution is 7.92. The van der Waals surface area contributed by atoms with E-state index in [0.717, 1.165) is 0 Å². The largest absolute Gasteiger partial charge is 0.495 e. The summed E-state index contributed by atoms with van der Waals surface area (Å²) in [6, 6.07) is 4.41. The van der Waals surface area contributed by atoms with Gasteiger partial charge in [0.25, 0.3) is 0 Å². The number of morpholine rings is 1. The summed E-state index contributed by atoms with van der Waals surface area (Å²) in [5.41, 5.74) is 5.14. The summed E-state index contributed by atoms with van der Waals surface area (Å²) < 4.78 is 34.8. The van der Waals surface area contributed by atoms with Crippen LogP contribution in [-0.4, -0.2) is 40.7 Å². The van der Waals surface area contributed by atoms with Crippen LogP contribution in [0.4, 0.5) is 5.69 Å². The second-order valence-corrected chi connectivity index (χ2v) is 6.04. The summed E-state index contributed by atoms with van der Waals surface area (Å²) in [6.07, 6.45) is 0. The van der Waals surface area contributed by atoms with Gasteiger partial charge in [-0.05, 0) is 18.2 Å². The van der Waals surface area contributed by atoms with Crippen molar-refractivity contribution in [3.05, 3.63) is 18.2 Å². The van der Waals surface area contributed by atoms with Crippen LogP contribution in [0.3, 0.4) is 0 Å². The van der Waals surface area contributed by atoms with Crippen molar-refractivity contribution in [2.75, 3.05) is 32.5 Å². The number of methoxy groups -OCH3 is 1. The van der Waals surface area contributed by atoms with Crippen LogP contribution in [0, 0.1) is 0 Å². The SMILES string of the molecule is COc1ccc(S(=O)(=O)C2CNCCO2)cc1N. The van der Waals surface area contributed by atoms with Gasteiger partial charge >= 0.3 is 0 Å². The van der Waals surface area contributed by atoms with Crippen molar-refractivity contribution in [2.24, 2.45) is 0 Å². The Morgan fingerprint density at radius 3 is 2.83 bits per heavy atom. The Kier molecular flexibility index (Phi) is 3.74. The fourth-order valence-electron chi connectivity index (χ4n) is 1.78. The van der Waals surface area contributed by atoms with Crippen LogP contribution in [0.5, 0.6) is 5.75 Å². The molecule has 0 aromatic heterocycles. The average Bonchev–Trinajstić information content (AvgIpc) is 2.39. The number of nitrogens with one attached hydrogen (secondary N) is 1. The van der Waals surface area contributed by atoms with E-state index in [4.69, 9.17) is 15.2 Å². The molecule has 3 N–H and O–H groups in total. The zero-order chi connectivity index (χ0) is 13.2. The maximum atomic E-state index is 12.3. The third-order valence-corrected chi connectivity index (χ3v) is 4.68. The Morgan fingerprint density at radius 1 is 1.50 bits per heavy atom. The minimum absolute atomic E-state index is 0.148. The van der Waals surface area contributed by atoms with Gasteiger partial charge in [0.2, 0.25) is 9.84 Å². The predicted octanol–water partition coefficient (Wildman–Crippen LogP) is -0.00300. The third kappa shape index (κ3) is 2.43. The van der Waals surface area contributed by atoms with E-state index in [0.29, 0.717) is 24.6 Å². The molecular formula is C11H16N2O4S. The second kappa shape index (κ2) is 5.13. The van der Waals surface area contributed by atoms with Gasteiger partial charge < -0.3 is 20.5 Å². The maximum Gasteiger partial charge on any atom is 0.206 e. The van der Waals surface area contributed by atoms with Crippen LogP contribution < -0.4 is 15.8 Å². The van der Waals surface area contributed by atoms with Crippen LogP contribution >= 0.6 is 0 Å². The summed E-state index contributed by atoms with van der Waals surface area (Å²) in [6.45, 7) is 1.33. The molecule has 1 unspecified atom stereocenters. The van der Waals surface area contributed by atoms with E-state index in [-0.39, 0.29) is 11.4 Å². The fourth-order valence-corrected chi connectivity index (χ4v) is 3.25. The molecule has 0 radical (unpaired) electrons. The molecule has 2 rings (SSSR count). The van der Waals surface area contributed by atoms with Crippen molar-refractivity contribution in [1.29, 1.82) is 0 Å². The number of hydrogen-bond acceptors (Lipinski definition) is 6. The number of benzene rings is 1. The molecule has 1 fully saturated rings. The van der Waals surface area contributed by atoms with E-state index >= 15 is 0 Å². The molecule has 0 amide bonds. The zero-order valence-electron chi connectivity index (χ0n) is 10.0. The minimum Gasteiger partial charge on any atom is -0.495 e. The van der Waals surface area contributed by atoms with E-state index in [1.54, 1.807) is 6.07 Å². The first-order chi connectivity index (χ1) is 8.55. The molecule has 1 heterocycles. The van der Waals surface area contributed by atoms with Crippen LogP contribution in [0.25, 0.3) is 0 Å². The van der Waals surface area contributed by atoms with Crippen molar-refractivity contribution in [2.45, 2.75) is 10.3 Å². The van der Waals surface area contributed by atoms with E-state index in [1.165, 1.54) is 19.2 Å². The number of anilines is 1. The molecule has 0 saturated carbocycles. The average molecular weight is 272 g/mol. The highest BCUT2D eigenvalue weighted by Gasteiger charge is 2.30. The molecule has 7 heteroatoms. The lowest BCUT2D eigenvalue weighted by molar-refractivity contribution is 0.0785. The fraction of sp³-hybridized carbons (Fsp3) is 0.455. The van der Waals surface area contributed by atoms with Gasteiger partial charge in [0.15, 0.2) is 5.44 Å². The van der Waals surface area contributed by atoms with Gasteiger partial charge in [0.1, 0.15) is 5.75 Å². The van der Waals surface area contributed by atoms with Gasteiger partial charge in [-0.15, -0.1) is 0 Å². The molecule has 1 saturated heterocycles. The first-order valence-electron chi connectivity index (χ1n) is 5.55. The molecule has 1 aromatic carbocycles. The highest BCUT2D eigenvalue weighted by atomic mass is 32.2. The number of nitrogen functional groups attached to an aromatic ring is 1. The molecule has 0 spiro atoms. The van der Waals surface area contributed by atoms with E-state index in [1.807, 2.05) is 0 Å². The number of ether oxygens (including phenoxy) is 2. The smallest absolute Gasteiger partial charge is 0.206 e. The Morgan fingerprint density at radius 2 is 2.28 bits per heavy atom. The number of sulfone groups is 1. The first kappa shape index (κ1) is 13.1. The molecule has 1 aliphatic heterocycles. The molecule has 6 nitrogen and oxygen atoms in total. The van der Waals surface area contributed by atoms with Crippen LogP contribution in [-0.2, 0) is 14.6 Å². The van der Waals surface area contributed by atoms with E-state index < -0.39 is 15.3 Å². The monoisotopic (exact) mass is 272 g/mol. The Labute approximate surface area is 106 Å². The van der Waals surface area contributed by atoms with Crippen LogP contribution in [0.1, 0.15) is 0 Å².